The van der Waals surface area contributed by atoms with Gasteiger partial charge in [-0.15, -0.1) is 0 Å². The molecule has 8 heteroatoms. The lowest BCUT2D eigenvalue weighted by Crippen LogP contribution is -2.13. The van der Waals surface area contributed by atoms with Gasteiger partial charge in [0, 0.05) is 17.2 Å². The van der Waals surface area contributed by atoms with Crippen molar-refractivity contribution in [3.8, 4) is 5.75 Å². The number of hydrogen-bond acceptors (Lipinski definition) is 4. The van der Waals surface area contributed by atoms with E-state index in [9.17, 15) is 13.5 Å². The van der Waals surface area contributed by atoms with E-state index in [0.29, 0.717) is 11.0 Å². The molecule has 1 aromatic heterocycles. The van der Waals surface area contributed by atoms with Gasteiger partial charge in [0.2, 0.25) is 0 Å². The average Bonchev–Trinajstić information content (AvgIpc) is 2.83. The minimum Gasteiger partial charge on any atom is -0.506 e. The molecule has 1 aromatic carbocycles. The summed E-state index contributed by atoms with van der Waals surface area (Å²) in [5, 5.41) is 9.53. The highest BCUT2D eigenvalue weighted by atomic mass is 79.9. The third-order valence-corrected chi connectivity index (χ3v) is 4.20. The number of aryl methyl sites for hydroxylation is 1. The van der Waals surface area contributed by atoms with Crippen molar-refractivity contribution in [3.05, 3.63) is 35.2 Å². The summed E-state index contributed by atoms with van der Waals surface area (Å²) in [5.41, 5.74) is 0.0976. The van der Waals surface area contributed by atoms with Crippen LogP contribution in [0.1, 0.15) is 6.92 Å². The molecule has 0 aliphatic rings. The lowest BCUT2D eigenvalue weighted by Gasteiger charge is -2.08. The molecule has 2 N–H and O–H groups in total. The minimum atomic E-state index is -3.80. The van der Waals surface area contributed by atoms with Gasteiger partial charge in [-0.25, -0.2) is 4.98 Å². The Hall–Kier alpha value is -1.54. The maximum atomic E-state index is 12.1. The number of anilines is 1. The highest BCUT2D eigenvalue weighted by Crippen LogP contribution is 2.28. The number of phenolic OH excluding ortho intramolecular Hbond substituents is 1. The molecule has 0 fully saturated rings. The van der Waals surface area contributed by atoms with Gasteiger partial charge in [-0.3, -0.25) is 4.72 Å². The first-order chi connectivity index (χ1) is 8.92. The smallest absolute Gasteiger partial charge is 0.281 e. The minimum absolute atomic E-state index is 0.0891. The zero-order valence-electron chi connectivity index (χ0n) is 10.0. The number of benzene rings is 1. The average molecular weight is 346 g/mol. The number of aromatic nitrogens is 2. The first kappa shape index (κ1) is 13.9. The van der Waals surface area contributed by atoms with Crippen molar-refractivity contribution in [3.63, 3.8) is 0 Å². The van der Waals surface area contributed by atoms with Crippen molar-refractivity contribution >= 4 is 31.6 Å². The van der Waals surface area contributed by atoms with Gasteiger partial charge in [0.15, 0.2) is 5.03 Å². The van der Waals surface area contributed by atoms with Crippen LogP contribution in [0.5, 0.6) is 5.75 Å². The van der Waals surface area contributed by atoms with Crippen LogP contribution in [0, 0.1) is 0 Å². The second-order valence-electron chi connectivity index (χ2n) is 3.81. The number of rotatable bonds is 4. The molecule has 0 saturated heterocycles. The quantitative estimate of drug-likeness (QED) is 0.831. The molecule has 102 valence electrons. The fraction of sp³-hybridized carbons (Fsp3) is 0.182. The van der Waals surface area contributed by atoms with E-state index in [-0.39, 0.29) is 16.5 Å². The largest absolute Gasteiger partial charge is 0.506 e. The van der Waals surface area contributed by atoms with Crippen LogP contribution in [0.3, 0.4) is 0 Å². The first-order valence-electron chi connectivity index (χ1n) is 5.45. The lowest BCUT2D eigenvalue weighted by molar-refractivity contribution is 0.477. The summed E-state index contributed by atoms with van der Waals surface area (Å²) in [6.07, 6.45) is 2.87. The lowest BCUT2D eigenvalue weighted by atomic mass is 10.3. The molecule has 0 aliphatic heterocycles. The summed E-state index contributed by atoms with van der Waals surface area (Å²) in [6, 6.07) is 4.48. The molecule has 19 heavy (non-hydrogen) atoms. The van der Waals surface area contributed by atoms with Gasteiger partial charge in [-0.2, -0.15) is 8.42 Å². The van der Waals surface area contributed by atoms with Crippen LogP contribution in [0.2, 0.25) is 0 Å². The molecule has 0 bridgehead atoms. The zero-order valence-corrected chi connectivity index (χ0v) is 12.4. The molecule has 0 spiro atoms. The van der Waals surface area contributed by atoms with Gasteiger partial charge in [0.1, 0.15) is 5.75 Å². The number of aromatic hydroxyl groups is 1. The fourth-order valence-electron chi connectivity index (χ4n) is 1.44. The molecule has 0 aliphatic carbocycles. The Bertz CT molecular complexity index is 697. The van der Waals surface area contributed by atoms with Gasteiger partial charge in [-0.05, 0) is 25.1 Å². The summed E-state index contributed by atoms with van der Waals surface area (Å²) in [6.45, 7) is 2.51. The van der Waals surface area contributed by atoms with E-state index in [1.165, 1.54) is 24.7 Å². The van der Waals surface area contributed by atoms with Crippen molar-refractivity contribution in [1.82, 2.24) is 9.55 Å². The molecule has 1 heterocycles. The van der Waals surface area contributed by atoms with Crippen LogP contribution in [0.15, 0.2) is 40.2 Å². The van der Waals surface area contributed by atoms with E-state index >= 15 is 0 Å². The first-order valence-corrected chi connectivity index (χ1v) is 7.73. The molecule has 2 rings (SSSR count). The Morgan fingerprint density at radius 1 is 1.47 bits per heavy atom. The molecule has 0 atom stereocenters. The van der Waals surface area contributed by atoms with Crippen LogP contribution < -0.4 is 4.72 Å². The van der Waals surface area contributed by atoms with E-state index < -0.39 is 10.0 Å². The van der Waals surface area contributed by atoms with Crippen LogP contribution in [-0.2, 0) is 16.6 Å². The number of nitrogens with one attached hydrogen (secondary N) is 1. The Labute approximate surface area is 119 Å². The number of nitrogens with zero attached hydrogens (tertiary/aromatic N) is 2. The van der Waals surface area contributed by atoms with Crippen LogP contribution in [-0.4, -0.2) is 23.1 Å². The Morgan fingerprint density at radius 2 is 2.21 bits per heavy atom. The molecule has 6 nitrogen and oxygen atoms in total. The predicted octanol–water partition coefficient (Wildman–Crippen LogP) is 2.17. The molecular formula is C11H12BrN3O3S. The van der Waals surface area contributed by atoms with E-state index in [4.69, 9.17) is 0 Å². The summed E-state index contributed by atoms with van der Waals surface area (Å²) in [7, 11) is -3.80. The molecular weight excluding hydrogens is 334 g/mol. The number of halogens is 1. The summed E-state index contributed by atoms with van der Waals surface area (Å²) in [4.78, 5) is 3.83. The summed E-state index contributed by atoms with van der Waals surface area (Å²) in [5.74, 6) is -0.151. The number of phenols is 1. The summed E-state index contributed by atoms with van der Waals surface area (Å²) < 4.78 is 28.8. The highest BCUT2D eigenvalue weighted by Gasteiger charge is 2.19. The fourth-order valence-corrected chi connectivity index (χ4v) is 2.82. The number of imidazole rings is 1. The van der Waals surface area contributed by atoms with E-state index in [2.05, 4.69) is 25.6 Å². The van der Waals surface area contributed by atoms with Gasteiger partial charge in [0.05, 0.1) is 12.0 Å². The van der Waals surface area contributed by atoms with Gasteiger partial charge < -0.3 is 9.67 Å². The van der Waals surface area contributed by atoms with Crippen molar-refractivity contribution < 1.29 is 13.5 Å². The van der Waals surface area contributed by atoms with Crippen molar-refractivity contribution in [2.24, 2.45) is 0 Å². The predicted molar refractivity (Wildman–Crippen MR) is 74.5 cm³/mol. The highest BCUT2D eigenvalue weighted by molar-refractivity contribution is 9.10. The number of sulfonamides is 1. The molecule has 0 unspecified atom stereocenters. The maximum Gasteiger partial charge on any atom is 0.281 e. The third kappa shape index (κ3) is 3.07. The van der Waals surface area contributed by atoms with E-state index in [1.54, 1.807) is 10.6 Å². The van der Waals surface area contributed by atoms with E-state index in [0.717, 1.165) is 0 Å². The van der Waals surface area contributed by atoms with Crippen LogP contribution in [0.25, 0.3) is 0 Å². The normalized spacial score (nSPS) is 11.5. The van der Waals surface area contributed by atoms with Crippen molar-refractivity contribution in [2.45, 2.75) is 18.5 Å². The van der Waals surface area contributed by atoms with Gasteiger partial charge >= 0.3 is 0 Å². The second kappa shape index (κ2) is 5.22. The third-order valence-electron chi connectivity index (χ3n) is 2.45. The maximum absolute atomic E-state index is 12.1. The zero-order chi connectivity index (χ0) is 14.0. The van der Waals surface area contributed by atoms with Gasteiger partial charge in [-0.1, -0.05) is 15.9 Å². The van der Waals surface area contributed by atoms with Gasteiger partial charge in [0.25, 0.3) is 10.0 Å². The molecule has 0 amide bonds. The van der Waals surface area contributed by atoms with E-state index in [1.807, 2.05) is 6.92 Å². The SMILES string of the molecule is CCn1cnc(S(=O)(=O)Nc2cc(Br)ccc2O)c1. The van der Waals surface area contributed by atoms with Crippen molar-refractivity contribution in [2.75, 3.05) is 4.72 Å². The van der Waals surface area contributed by atoms with Crippen molar-refractivity contribution in [1.29, 1.82) is 0 Å². The molecule has 0 saturated carbocycles. The second-order valence-corrected chi connectivity index (χ2v) is 6.35. The van der Waals surface area contributed by atoms with Crippen LogP contribution in [0.4, 0.5) is 5.69 Å². The monoisotopic (exact) mass is 345 g/mol. The molecule has 2 aromatic rings. The Balaban J connectivity index is 2.33. The topological polar surface area (TPSA) is 84.2 Å². The standard InChI is InChI=1S/C11H12BrN3O3S/c1-2-15-6-11(13-7-15)19(17,18)14-9-5-8(12)3-4-10(9)16/h3-7,14,16H,2H2,1H3. The summed E-state index contributed by atoms with van der Waals surface area (Å²) >= 11 is 3.21. The van der Waals surface area contributed by atoms with Crippen LogP contribution >= 0.6 is 15.9 Å². The Kier molecular flexibility index (Phi) is 3.81. The number of hydrogen-bond donors (Lipinski definition) is 2. The Morgan fingerprint density at radius 3 is 2.84 bits per heavy atom. The molecule has 0 radical (unpaired) electrons.